The summed E-state index contributed by atoms with van der Waals surface area (Å²) in [4.78, 5) is 4.60. The van der Waals surface area contributed by atoms with Crippen molar-refractivity contribution in [3.05, 3.63) is 88.2 Å². The Balaban J connectivity index is 0.00000320. The van der Waals surface area contributed by atoms with Gasteiger partial charge in [0.15, 0.2) is 0 Å². The zero-order valence-corrected chi connectivity index (χ0v) is 21.6. The topological polar surface area (TPSA) is 49.0 Å². The molecule has 0 aliphatic carbocycles. The predicted molar refractivity (Wildman–Crippen MR) is 124 cm³/mol. The van der Waals surface area contributed by atoms with Gasteiger partial charge >= 0.3 is 16.8 Å². The zero-order valence-electron chi connectivity index (χ0n) is 19.1. The molecule has 0 unspecified atom stereocenters. The maximum atomic E-state index is 4.60. The molecule has 0 fully saturated rings. The van der Waals surface area contributed by atoms with E-state index in [9.17, 15) is 0 Å². The number of anilines is 2. The Hall–Kier alpha value is -1.76. The van der Waals surface area contributed by atoms with Crippen LogP contribution in [0.25, 0.3) is 0 Å². The average molecular weight is 518 g/mol. The molecule has 3 rings (SSSR count). The Morgan fingerprint density at radius 2 is 1.19 bits per heavy atom. The minimum atomic E-state index is 0. The van der Waals surface area contributed by atoms with Crippen LogP contribution in [0.5, 0.6) is 0 Å². The molecule has 7 heteroatoms. The summed E-state index contributed by atoms with van der Waals surface area (Å²) in [7, 11) is 0. The van der Waals surface area contributed by atoms with E-state index in [1.165, 1.54) is 39.2 Å². The molecule has 32 heavy (non-hydrogen) atoms. The number of nitrogens with one attached hydrogen (secondary N) is 3. The first-order valence-corrected chi connectivity index (χ1v) is 10.3. The van der Waals surface area contributed by atoms with Crippen molar-refractivity contribution in [1.82, 2.24) is 10.3 Å². The number of halogens is 2. The van der Waals surface area contributed by atoms with E-state index in [1.807, 2.05) is 12.3 Å². The first-order chi connectivity index (χ1) is 14.1. The molecule has 0 aliphatic rings. The van der Waals surface area contributed by atoms with Crippen LogP contribution < -0.4 is 40.8 Å². The first-order valence-electron chi connectivity index (χ1n) is 10.3. The molecule has 0 spiro atoms. The van der Waals surface area contributed by atoms with E-state index in [4.69, 9.17) is 0 Å². The summed E-state index contributed by atoms with van der Waals surface area (Å²) >= 11 is 0. The monoisotopic (exact) mass is 517 g/mol. The second-order valence-corrected chi connectivity index (χ2v) is 7.60. The third kappa shape index (κ3) is 8.30. The van der Waals surface area contributed by atoms with Crippen LogP contribution in [-0.2, 0) is 29.9 Å². The summed E-state index contributed by atoms with van der Waals surface area (Å²) in [5.74, 6) is 0. The molecule has 3 N–H and O–H groups in total. The van der Waals surface area contributed by atoms with Gasteiger partial charge in [0.1, 0.15) is 0 Å². The molecule has 175 valence electrons. The maximum Gasteiger partial charge on any atom is 2.00 e. The van der Waals surface area contributed by atoms with E-state index < -0.39 is 0 Å². The maximum absolute atomic E-state index is 4.60. The Kier molecular flexibility index (Phi) is 14.3. The van der Waals surface area contributed by atoms with Crippen molar-refractivity contribution >= 4 is 11.4 Å². The molecule has 3 aromatic rings. The molecular formula is C25H32Cl2CoN4. The average Bonchev–Trinajstić information content (AvgIpc) is 2.70. The number of aryl methyl sites for hydroxylation is 4. The second-order valence-electron chi connectivity index (χ2n) is 7.60. The van der Waals surface area contributed by atoms with E-state index in [0.29, 0.717) is 0 Å². The van der Waals surface area contributed by atoms with Gasteiger partial charge in [-0.3, -0.25) is 4.98 Å². The molecule has 1 aromatic heterocycles. The summed E-state index contributed by atoms with van der Waals surface area (Å²) in [5, 5.41) is 10.7. The van der Waals surface area contributed by atoms with Crippen LogP contribution >= 0.6 is 0 Å². The van der Waals surface area contributed by atoms with Crippen molar-refractivity contribution < 1.29 is 41.6 Å². The number of pyridine rings is 1. The Labute approximate surface area is 215 Å². The van der Waals surface area contributed by atoms with Crippen LogP contribution in [-0.4, -0.2) is 18.1 Å². The van der Waals surface area contributed by atoms with Gasteiger partial charge in [0.25, 0.3) is 0 Å². The summed E-state index contributed by atoms with van der Waals surface area (Å²) in [5.41, 5.74) is 9.89. The van der Waals surface area contributed by atoms with Crippen molar-refractivity contribution in [3.63, 3.8) is 0 Å². The molecule has 1 radical (unpaired) electrons. The van der Waals surface area contributed by atoms with Gasteiger partial charge in [-0.1, -0.05) is 42.5 Å². The quantitative estimate of drug-likeness (QED) is 0.323. The Bertz CT molecular complexity index is 926. The van der Waals surface area contributed by atoms with Crippen molar-refractivity contribution in [2.24, 2.45) is 0 Å². The molecule has 2 aromatic carbocycles. The summed E-state index contributed by atoms with van der Waals surface area (Å²) < 4.78 is 0. The van der Waals surface area contributed by atoms with Gasteiger partial charge < -0.3 is 40.8 Å². The first kappa shape index (κ1) is 30.2. The van der Waals surface area contributed by atoms with Crippen LogP contribution in [0.15, 0.2) is 54.7 Å². The van der Waals surface area contributed by atoms with Gasteiger partial charge in [-0.2, -0.15) is 0 Å². The van der Waals surface area contributed by atoms with Crippen LogP contribution in [0.1, 0.15) is 33.5 Å². The number of hydrogen-bond acceptors (Lipinski definition) is 4. The second kappa shape index (κ2) is 15.1. The third-order valence-corrected chi connectivity index (χ3v) is 5.30. The van der Waals surface area contributed by atoms with E-state index in [1.54, 1.807) is 0 Å². The predicted octanol–water partition coefficient (Wildman–Crippen LogP) is -0.865. The minimum absolute atomic E-state index is 0. The van der Waals surface area contributed by atoms with Crippen LogP contribution in [0, 0.1) is 27.7 Å². The normalized spacial score (nSPS) is 9.75. The molecule has 4 nitrogen and oxygen atoms in total. The van der Waals surface area contributed by atoms with E-state index in [2.05, 4.69) is 91.1 Å². The molecule has 1 heterocycles. The molecule has 0 saturated heterocycles. The van der Waals surface area contributed by atoms with Gasteiger partial charge in [0.05, 0.1) is 5.69 Å². The van der Waals surface area contributed by atoms with Crippen molar-refractivity contribution in [2.45, 2.75) is 40.8 Å². The summed E-state index contributed by atoms with van der Waals surface area (Å²) in [6.45, 7) is 11.9. The summed E-state index contributed by atoms with van der Waals surface area (Å²) in [6.07, 6.45) is 1.87. The van der Waals surface area contributed by atoms with Crippen LogP contribution in [0.4, 0.5) is 11.4 Å². The fourth-order valence-electron chi connectivity index (χ4n) is 3.64. The minimum Gasteiger partial charge on any atom is -1.00 e. The summed E-state index contributed by atoms with van der Waals surface area (Å²) in [6, 6.07) is 16.9. The molecule has 0 amide bonds. The Morgan fingerprint density at radius 1 is 0.656 bits per heavy atom. The number of rotatable bonds is 9. The third-order valence-electron chi connectivity index (χ3n) is 5.30. The largest absolute Gasteiger partial charge is 2.00 e. The molecule has 0 saturated carbocycles. The van der Waals surface area contributed by atoms with Gasteiger partial charge in [-0.05, 0) is 61.6 Å². The van der Waals surface area contributed by atoms with E-state index >= 15 is 0 Å². The number of hydrogen-bond donors (Lipinski definition) is 3. The number of nitrogens with zero attached hydrogens (tertiary/aromatic N) is 1. The van der Waals surface area contributed by atoms with Gasteiger partial charge in [-0.25, -0.2) is 0 Å². The fraction of sp³-hybridized carbons (Fsp3) is 0.320. The van der Waals surface area contributed by atoms with Crippen molar-refractivity contribution in [2.75, 3.05) is 23.7 Å². The number of benzene rings is 2. The van der Waals surface area contributed by atoms with Gasteiger partial charge in [0, 0.05) is 43.8 Å². The van der Waals surface area contributed by atoms with Gasteiger partial charge in [0.2, 0.25) is 0 Å². The SMILES string of the molecule is Cc1cccc(C)c1NCCNCc1ncccc1CNc1c(C)cccc1C.[Cl-].[Cl-].[Co+2]. The zero-order chi connectivity index (χ0) is 20.6. The van der Waals surface area contributed by atoms with E-state index in [-0.39, 0.29) is 41.6 Å². The van der Waals surface area contributed by atoms with Gasteiger partial charge in [-0.15, -0.1) is 0 Å². The standard InChI is InChI=1S/C25H32N4.2ClH.Co/c1-18-8-5-9-19(2)24(18)28-15-14-26-17-23-22(12-7-13-27-23)16-29-25-20(3)10-6-11-21(25)4;;;/h5-13,26,28-29H,14-17H2,1-4H3;2*1H;/q;;;+2/p-2. The molecule has 0 atom stereocenters. The molecule has 0 aliphatic heterocycles. The van der Waals surface area contributed by atoms with Crippen molar-refractivity contribution in [1.29, 1.82) is 0 Å². The molecule has 0 bridgehead atoms. The smallest absolute Gasteiger partial charge is 1.00 e. The van der Waals surface area contributed by atoms with Crippen molar-refractivity contribution in [3.8, 4) is 0 Å². The molecular weight excluding hydrogens is 486 g/mol. The number of aromatic nitrogens is 1. The Morgan fingerprint density at radius 3 is 1.75 bits per heavy atom. The van der Waals surface area contributed by atoms with Crippen LogP contribution in [0.2, 0.25) is 0 Å². The van der Waals surface area contributed by atoms with Crippen LogP contribution in [0.3, 0.4) is 0 Å². The van der Waals surface area contributed by atoms with E-state index in [0.717, 1.165) is 31.9 Å². The number of para-hydroxylation sites is 2. The fourth-order valence-corrected chi connectivity index (χ4v) is 3.64.